The number of sulfonamides is 1. The molecule has 1 fully saturated rings. The van der Waals surface area contributed by atoms with Crippen LogP contribution in [0.25, 0.3) is 0 Å². The first-order valence-electron chi connectivity index (χ1n) is 5.81. The number of benzene rings is 1. The van der Waals surface area contributed by atoms with E-state index in [1.54, 1.807) is 0 Å². The van der Waals surface area contributed by atoms with E-state index in [1.165, 1.54) is 0 Å². The van der Waals surface area contributed by atoms with Crippen molar-refractivity contribution in [3.63, 3.8) is 0 Å². The molecule has 0 aliphatic heterocycles. The monoisotopic (exact) mass is 254 g/mol. The van der Waals surface area contributed by atoms with E-state index in [0.717, 1.165) is 30.5 Å². The van der Waals surface area contributed by atoms with Crippen LogP contribution in [-0.4, -0.2) is 21.5 Å². The van der Waals surface area contributed by atoms with Crippen LogP contribution >= 0.6 is 0 Å². The van der Waals surface area contributed by atoms with Gasteiger partial charge in [-0.15, -0.1) is 0 Å². The molecule has 1 aromatic carbocycles. The molecule has 4 nitrogen and oxygen atoms in total. The topological polar surface area (TPSA) is 58.2 Å². The van der Waals surface area contributed by atoms with E-state index in [4.69, 9.17) is 0 Å². The summed E-state index contributed by atoms with van der Waals surface area (Å²) in [6.45, 7) is 0.754. The highest BCUT2D eigenvalue weighted by Gasteiger charge is 2.26. The Labute approximate surface area is 102 Å². The molecule has 2 rings (SSSR count). The molecule has 1 aliphatic rings. The van der Waals surface area contributed by atoms with Crippen molar-refractivity contribution in [3.8, 4) is 0 Å². The Hall–Kier alpha value is -0.910. The van der Waals surface area contributed by atoms with E-state index in [0.29, 0.717) is 0 Å². The lowest BCUT2D eigenvalue weighted by molar-refractivity contribution is 0.580. The predicted molar refractivity (Wildman–Crippen MR) is 68.0 cm³/mol. The minimum atomic E-state index is -3.17. The summed E-state index contributed by atoms with van der Waals surface area (Å²) in [5, 5.41) is 3.05. The minimum absolute atomic E-state index is 0.0705. The van der Waals surface area contributed by atoms with Gasteiger partial charge in [0.1, 0.15) is 0 Å². The zero-order chi connectivity index (χ0) is 12.3. The van der Waals surface area contributed by atoms with Gasteiger partial charge in [0.05, 0.1) is 5.75 Å². The Bertz CT molecular complexity index is 481. The molecule has 5 heteroatoms. The highest BCUT2D eigenvalue weighted by Crippen LogP contribution is 2.20. The van der Waals surface area contributed by atoms with Crippen LogP contribution in [0.2, 0.25) is 0 Å². The smallest absolute Gasteiger partial charge is 0.216 e. The Morgan fingerprint density at radius 3 is 2.65 bits per heavy atom. The maximum absolute atomic E-state index is 11.8. The van der Waals surface area contributed by atoms with Crippen LogP contribution < -0.4 is 10.0 Å². The summed E-state index contributed by atoms with van der Waals surface area (Å²) < 4.78 is 26.3. The number of rotatable bonds is 6. The van der Waals surface area contributed by atoms with Crippen LogP contribution in [0.3, 0.4) is 0 Å². The van der Waals surface area contributed by atoms with Gasteiger partial charge in [-0.1, -0.05) is 24.3 Å². The average Bonchev–Trinajstić information content (AvgIpc) is 3.01. The van der Waals surface area contributed by atoms with Crippen LogP contribution in [0.1, 0.15) is 24.0 Å². The van der Waals surface area contributed by atoms with Crippen molar-refractivity contribution in [2.75, 3.05) is 7.05 Å². The van der Waals surface area contributed by atoms with Gasteiger partial charge >= 0.3 is 0 Å². The van der Waals surface area contributed by atoms with Gasteiger partial charge in [-0.05, 0) is 31.0 Å². The Morgan fingerprint density at radius 2 is 2.00 bits per heavy atom. The lowest BCUT2D eigenvalue weighted by atomic mass is 10.1. The van der Waals surface area contributed by atoms with Crippen molar-refractivity contribution in [1.82, 2.24) is 10.0 Å². The average molecular weight is 254 g/mol. The van der Waals surface area contributed by atoms with Gasteiger partial charge in [-0.3, -0.25) is 0 Å². The third-order valence-corrected chi connectivity index (χ3v) is 4.06. The molecule has 1 aliphatic carbocycles. The van der Waals surface area contributed by atoms with Crippen LogP contribution in [-0.2, 0) is 22.3 Å². The third kappa shape index (κ3) is 4.11. The SMILES string of the molecule is CNCc1cccc(CS(=O)(=O)NC2CC2)c1. The van der Waals surface area contributed by atoms with E-state index >= 15 is 0 Å². The van der Waals surface area contributed by atoms with Gasteiger partial charge in [0.15, 0.2) is 0 Å². The number of hydrogen-bond acceptors (Lipinski definition) is 3. The fourth-order valence-corrected chi connectivity index (χ4v) is 3.20. The van der Waals surface area contributed by atoms with Crippen molar-refractivity contribution < 1.29 is 8.42 Å². The van der Waals surface area contributed by atoms with Crippen molar-refractivity contribution >= 4 is 10.0 Å². The molecule has 2 N–H and O–H groups in total. The van der Waals surface area contributed by atoms with Gasteiger partial charge < -0.3 is 5.32 Å². The molecule has 0 saturated heterocycles. The Morgan fingerprint density at radius 1 is 1.29 bits per heavy atom. The predicted octanol–water partition coefficient (Wildman–Crippen LogP) is 0.988. The quantitative estimate of drug-likeness (QED) is 0.796. The van der Waals surface area contributed by atoms with Crippen molar-refractivity contribution in [2.24, 2.45) is 0 Å². The van der Waals surface area contributed by atoms with Crippen LogP contribution in [0.15, 0.2) is 24.3 Å². The minimum Gasteiger partial charge on any atom is -0.316 e. The second-order valence-electron chi connectivity index (χ2n) is 4.50. The van der Waals surface area contributed by atoms with E-state index in [9.17, 15) is 8.42 Å². The molecule has 0 amide bonds. The van der Waals surface area contributed by atoms with E-state index in [-0.39, 0.29) is 11.8 Å². The Kier molecular flexibility index (Phi) is 3.81. The summed E-state index contributed by atoms with van der Waals surface area (Å²) in [5.74, 6) is 0.0705. The largest absolute Gasteiger partial charge is 0.316 e. The zero-order valence-corrected chi connectivity index (χ0v) is 10.8. The normalized spacial score (nSPS) is 16.1. The molecule has 94 valence electrons. The van der Waals surface area contributed by atoms with Crippen molar-refractivity contribution in [2.45, 2.75) is 31.2 Å². The van der Waals surface area contributed by atoms with Gasteiger partial charge in [0, 0.05) is 12.6 Å². The molecule has 0 spiro atoms. The molecule has 0 heterocycles. The van der Waals surface area contributed by atoms with Gasteiger partial charge in [-0.25, -0.2) is 13.1 Å². The van der Waals surface area contributed by atoms with E-state index < -0.39 is 10.0 Å². The maximum atomic E-state index is 11.8. The second kappa shape index (κ2) is 5.16. The highest BCUT2D eigenvalue weighted by molar-refractivity contribution is 7.88. The standard InChI is InChI=1S/C12H18N2O2S/c1-13-8-10-3-2-4-11(7-10)9-17(15,16)14-12-5-6-12/h2-4,7,12-14H,5-6,8-9H2,1H3. The van der Waals surface area contributed by atoms with Crippen LogP contribution in [0.5, 0.6) is 0 Å². The second-order valence-corrected chi connectivity index (χ2v) is 6.26. The molecule has 0 radical (unpaired) electrons. The third-order valence-electron chi connectivity index (χ3n) is 2.65. The molecule has 1 saturated carbocycles. The molecule has 0 aromatic heterocycles. The maximum Gasteiger partial charge on any atom is 0.216 e. The zero-order valence-electron chi connectivity index (χ0n) is 9.94. The molecule has 0 atom stereocenters. The van der Waals surface area contributed by atoms with Gasteiger partial charge in [0.25, 0.3) is 0 Å². The van der Waals surface area contributed by atoms with Gasteiger partial charge in [0.2, 0.25) is 10.0 Å². The van der Waals surface area contributed by atoms with E-state index in [2.05, 4.69) is 10.0 Å². The fraction of sp³-hybridized carbons (Fsp3) is 0.500. The highest BCUT2D eigenvalue weighted by atomic mass is 32.2. The first kappa shape index (κ1) is 12.5. The van der Waals surface area contributed by atoms with Gasteiger partial charge in [-0.2, -0.15) is 0 Å². The summed E-state index contributed by atoms with van der Waals surface area (Å²) in [4.78, 5) is 0. The number of nitrogens with one attached hydrogen (secondary N) is 2. The lowest BCUT2D eigenvalue weighted by Crippen LogP contribution is -2.27. The fourth-order valence-electron chi connectivity index (χ4n) is 1.75. The van der Waals surface area contributed by atoms with Crippen molar-refractivity contribution in [3.05, 3.63) is 35.4 Å². The molecule has 0 unspecified atom stereocenters. The Balaban J connectivity index is 2.03. The summed E-state index contributed by atoms with van der Waals surface area (Å²) in [5.41, 5.74) is 1.94. The first-order valence-corrected chi connectivity index (χ1v) is 7.47. The molecular weight excluding hydrogens is 236 g/mol. The van der Waals surface area contributed by atoms with Crippen LogP contribution in [0.4, 0.5) is 0 Å². The molecule has 0 bridgehead atoms. The summed E-state index contributed by atoms with van der Waals surface area (Å²) >= 11 is 0. The summed E-state index contributed by atoms with van der Waals surface area (Å²) in [7, 11) is -1.30. The molecule has 17 heavy (non-hydrogen) atoms. The van der Waals surface area contributed by atoms with Crippen molar-refractivity contribution in [1.29, 1.82) is 0 Å². The summed E-state index contributed by atoms with van der Waals surface area (Å²) in [6.07, 6.45) is 1.94. The molecule has 1 aromatic rings. The first-order chi connectivity index (χ1) is 8.09. The number of hydrogen-bond donors (Lipinski definition) is 2. The molecular formula is C12H18N2O2S. The van der Waals surface area contributed by atoms with Crippen LogP contribution in [0, 0.1) is 0 Å². The summed E-state index contributed by atoms with van der Waals surface area (Å²) in [6, 6.07) is 7.85. The van der Waals surface area contributed by atoms with E-state index in [1.807, 2.05) is 31.3 Å². The lowest BCUT2D eigenvalue weighted by Gasteiger charge is -2.07.